The van der Waals surface area contributed by atoms with Gasteiger partial charge < -0.3 is 14.7 Å². The van der Waals surface area contributed by atoms with Crippen molar-refractivity contribution in [3.8, 4) is 11.4 Å². The van der Waals surface area contributed by atoms with Crippen molar-refractivity contribution in [1.82, 2.24) is 15.0 Å². The Labute approximate surface area is 170 Å². The summed E-state index contributed by atoms with van der Waals surface area (Å²) in [6.45, 7) is 0.443. The molecule has 3 aromatic rings. The highest BCUT2D eigenvalue weighted by Gasteiger charge is 2.33. The number of halogens is 3. The molecule has 0 radical (unpaired) electrons. The molecule has 2 amide bonds. The Morgan fingerprint density at radius 3 is 2.67 bits per heavy atom. The molecule has 6 nitrogen and oxygen atoms in total. The maximum atomic E-state index is 12.9. The van der Waals surface area contributed by atoms with E-state index < -0.39 is 23.8 Å². The summed E-state index contributed by atoms with van der Waals surface area (Å²) in [4.78, 5) is 18.8. The van der Waals surface area contributed by atoms with E-state index in [0.29, 0.717) is 24.7 Å². The van der Waals surface area contributed by atoms with Crippen LogP contribution in [-0.2, 0) is 6.18 Å². The van der Waals surface area contributed by atoms with Crippen LogP contribution in [0.25, 0.3) is 11.4 Å². The van der Waals surface area contributed by atoms with Crippen LogP contribution in [0, 0.1) is 0 Å². The SMILES string of the molecule is O=C(Nc1cccc(C(F)(F)F)c1)N1CCCC[C@@H]1c1nc(-c2ccccc2)no1. The third-order valence-corrected chi connectivity index (χ3v) is 4.96. The van der Waals surface area contributed by atoms with Crippen molar-refractivity contribution < 1.29 is 22.5 Å². The van der Waals surface area contributed by atoms with E-state index in [1.807, 2.05) is 30.3 Å². The summed E-state index contributed by atoms with van der Waals surface area (Å²) in [6, 6.07) is 12.9. The molecule has 4 rings (SSSR count). The summed E-state index contributed by atoms with van der Waals surface area (Å²) in [5.74, 6) is 0.738. The average Bonchev–Trinajstić information content (AvgIpc) is 3.24. The fourth-order valence-electron chi connectivity index (χ4n) is 3.47. The zero-order chi connectivity index (χ0) is 21.1. The number of piperidine rings is 1. The maximum Gasteiger partial charge on any atom is 0.416 e. The summed E-state index contributed by atoms with van der Waals surface area (Å²) in [7, 11) is 0. The second kappa shape index (κ2) is 8.17. The third kappa shape index (κ3) is 4.29. The molecule has 0 saturated carbocycles. The van der Waals surface area contributed by atoms with Gasteiger partial charge in [0.1, 0.15) is 6.04 Å². The number of rotatable bonds is 3. The first-order valence-electron chi connectivity index (χ1n) is 9.56. The van der Waals surface area contributed by atoms with Gasteiger partial charge in [0.2, 0.25) is 11.7 Å². The molecule has 1 saturated heterocycles. The lowest BCUT2D eigenvalue weighted by Crippen LogP contribution is -2.41. The quantitative estimate of drug-likeness (QED) is 0.611. The van der Waals surface area contributed by atoms with Gasteiger partial charge in [-0.15, -0.1) is 0 Å². The zero-order valence-electron chi connectivity index (χ0n) is 15.9. The predicted octanol–water partition coefficient (Wildman–Crippen LogP) is 5.51. The number of anilines is 1. The minimum Gasteiger partial charge on any atom is -0.337 e. The van der Waals surface area contributed by atoms with Gasteiger partial charge in [0.05, 0.1) is 5.56 Å². The summed E-state index contributed by atoms with van der Waals surface area (Å²) in [6.07, 6.45) is -2.19. The van der Waals surface area contributed by atoms with Crippen molar-refractivity contribution in [3.63, 3.8) is 0 Å². The Morgan fingerprint density at radius 2 is 1.90 bits per heavy atom. The molecule has 0 spiro atoms. The van der Waals surface area contributed by atoms with Gasteiger partial charge >= 0.3 is 12.2 Å². The van der Waals surface area contributed by atoms with Gasteiger partial charge in [0.25, 0.3) is 0 Å². The Bertz CT molecular complexity index is 1020. The first-order valence-corrected chi connectivity index (χ1v) is 9.56. The minimum atomic E-state index is -4.48. The molecule has 0 unspecified atom stereocenters. The van der Waals surface area contributed by atoms with Crippen molar-refractivity contribution >= 4 is 11.7 Å². The lowest BCUT2D eigenvalue weighted by atomic mass is 10.0. The number of carbonyl (C=O) groups excluding carboxylic acids is 1. The van der Waals surface area contributed by atoms with E-state index in [2.05, 4.69) is 15.5 Å². The highest BCUT2D eigenvalue weighted by Crippen LogP contribution is 2.33. The van der Waals surface area contributed by atoms with Gasteiger partial charge in [-0.2, -0.15) is 18.2 Å². The van der Waals surface area contributed by atoms with Crippen LogP contribution in [0.3, 0.4) is 0 Å². The summed E-state index contributed by atoms with van der Waals surface area (Å²) in [5.41, 5.74) is 0.0535. The van der Waals surface area contributed by atoms with E-state index >= 15 is 0 Å². The number of likely N-dealkylation sites (tertiary alicyclic amines) is 1. The smallest absolute Gasteiger partial charge is 0.337 e. The Hall–Kier alpha value is -3.36. The number of nitrogens with one attached hydrogen (secondary N) is 1. The lowest BCUT2D eigenvalue weighted by Gasteiger charge is -2.33. The normalized spacial score (nSPS) is 17.0. The Morgan fingerprint density at radius 1 is 1.10 bits per heavy atom. The number of hydrogen-bond donors (Lipinski definition) is 1. The van der Waals surface area contributed by atoms with E-state index in [-0.39, 0.29) is 5.69 Å². The standard InChI is InChI=1S/C21H19F3N4O2/c22-21(23,24)15-9-6-10-16(13-15)25-20(29)28-12-5-4-11-17(28)19-26-18(27-30-19)14-7-2-1-3-8-14/h1-3,6-10,13,17H,4-5,11-12H2,(H,25,29)/t17-/m1/s1. The van der Waals surface area contributed by atoms with Crippen LogP contribution < -0.4 is 5.32 Å². The molecule has 2 heterocycles. The summed E-state index contributed by atoms with van der Waals surface area (Å²) in [5, 5.41) is 6.57. The fourth-order valence-corrected chi connectivity index (χ4v) is 3.47. The minimum absolute atomic E-state index is 0.0784. The van der Waals surface area contributed by atoms with Crippen LogP contribution in [-0.4, -0.2) is 27.6 Å². The van der Waals surface area contributed by atoms with E-state index in [0.717, 1.165) is 30.5 Å². The Kier molecular flexibility index (Phi) is 5.43. The largest absolute Gasteiger partial charge is 0.416 e. The van der Waals surface area contributed by atoms with E-state index in [1.165, 1.54) is 17.0 Å². The van der Waals surface area contributed by atoms with Gasteiger partial charge in [-0.05, 0) is 37.5 Å². The molecule has 156 valence electrons. The van der Waals surface area contributed by atoms with Crippen molar-refractivity contribution in [2.75, 3.05) is 11.9 Å². The third-order valence-electron chi connectivity index (χ3n) is 4.96. The molecule has 1 aliphatic heterocycles. The molecule has 1 fully saturated rings. The number of nitrogens with zero attached hydrogens (tertiary/aromatic N) is 3. The monoisotopic (exact) mass is 416 g/mol. The van der Waals surface area contributed by atoms with Crippen LogP contribution in [0.4, 0.5) is 23.7 Å². The maximum absolute atomic E-state index is 12.9. The van der Waals surface area contributed by atoms with Gasteiger partial charge in [0.15, 0.2) is 0 Å². The number of amides is 2. The average molecular weight is 416 g/mol. The second-order valence-corrected chi connectivity index (χ2v) is 7.04. The zero-order valence-corrected chi connectivity index (χ0v) is 15.9. The van der Waals surface area contributed by atoms with Crippen LogP contribution in [0.1, 0.15) is 36.8 Å². The van der Waals surface area contributed by atoms with Gasteiger partial charge in [-0.3, -0.25) is 0 Å². The highest BCUT2D eigenvalue weighted by atomic mass is 19.4. The van der Waals surface area contributed by atoms with Crippen LogP contribution in [0.2, 0.25) is 0 Å². The number of carbonyl (C=O) groups is 1. The molecule has 1 aromatic heterocycles. The fraction of sp³-hybridized carbons (Fsp3) is 0.286. The van der Waals surface area contributed by atoms with Gasteiger partial charge in [-0.25, -0.2) is 4.79 Å². The molecular weight excluding hydrogens is 397 g/mol. The number of benzene rings is 2. The Balaban J connectivity index is 1.53. The lowest BCUT2D eigenvalue weighted by molar-refractivity contribution is -0.137. The predicted molar refractivity (Wildman–Crippen MR) is 103 cm³/mol. The van der Waals surface area contributed by atoms with E-state index in [1.54, 1.807) is 0 Å². The van der Waals surface area contributed by atoms with E-state index in [4.69, 9.17) is 4.52 Å². The van der Waals surface area contributed by atoms with Crippen molar-refractivity contribution in [2.24, 2.45) is 0 Å². The number of hydrogen-bond acceptors (Lipinski definition) is 4. The second-order valence-electron chi connectivity index (χ2n) is 7.04. The molecule has 1 atom stereocenters. The highest BCUT2D eigenvalue weighted by molar-refractivity contribution is 5.89. The van der Waals surface area contributed by atoms with Crippen LogP contribution in [0.15, 0.2) is 59.1 Å². The van der Waals surface area contributed by atoms with Gasteiger partial charge in [-0.1, -0.05) is 41.6 Å². The molecule has 2 aromatic carbocycles. The van der Waals surface area contributed by atoms with Crippen molar-refractivity contribution in [2.45, 2.75) is 31.5 Å². The van der Waals surface area contributed by atoms with E-state index in [9.17, 15) is 18.0 Å². The molecule has 30 heavy (non-hydrogen) atoms. The number of aromatic nitrogens is 2. The van der Waals surface area contributed by atoms with Crippen molar-refractivity contribution in [1.29, 1.82) is 0 Å². The first-order chi connectivity index (χ1) is 14.4. The summed E-state index contributed by atoms with van der Waals surface area (Å²) >= 11 is 0. The molecule has 0 aliphatic carbocycles. The van der Waals surface area contributed by atoms with Gasteiger partial charge in [0, 0.05) is 17.8 Å². The molecular formula is C21H19F3N4O2. The number of urea groups is 1. The molecule has 0 bridgehead atoms. The van der Waals surface area contributed by atoms with Crippen LogP contribution >= 0.6 is 0 Å². The summed E-state index contributed by atoms with van der Waals surface area (Å²) < 4.78 is 44.2. The molecule has 1 aliphatic rings. The topological polar surface area (TPSA) is 71.3 Å². The van der Waals surface area contributed by atoms with Crippen LogP contribution in [0.5, 0.6) is 0 Å². The van der Waals surface area contributed by atoms with Crippen molar-refractivity contribution in [3.05, 3.63) is 66.1 Å². The first kappa shape index (κ1) is 19.9. The number of alkyl halides is 3. The molecule has 1 N–H and O–H groups in total. The molecule has 9 heteroatoms.